The summed E-state index contributed by atoms with van der Waals surface area (Å²) in [6, 6.07) is 0. The van der Waals surface area contributed by atoms with Crippen LogP contribution in [0.2, 0.25) is 0 Å². The first-order valence-corrected chi connectivity index (χ1v) is 6.20. The Labute approximate surface area is 104 Å². The largest absolute Gasteiger partial charge is 0.454 e. The molecule has 1 aliphatic rings. The van der Waals surface area contributed by atoms with Gasteiger partial charge in [0.05, 0.1) is 6.54 Å². The third kappa shape index (κ3) is 5.06. The third-order valence-corrected chi connectivity index (χ3v) is 3.04. The first-order chi connectivity index (χ1) is 8.33. The van der Waals surface area contributed by atoms with Gasteiger partial charge in [0.2, 0.25) is 0 Å². The van der Waals surface area contributed by atoms with Crippen molar-refractivity contribution in [2.45, 2.75) is 37.8 Å². The molecule has 0 atom stereocenters. The molecule has 0 radical (unpaired) electrons. The number of halogens is 5. The minimum absolute atomic E-state index is 0.183. The van der Waals surface area contributed by atoms with Crippen LogP contribution in [0.3, 0.4) is 0 Å². The number of alkyl halides is 5. The first-order valence-electron chi connectivity index (χ1n) is 6.20. The van der Waals surface area contributed by atoms with E-state index in [2.05, 4.69) is 10.2 Å². The fraction of sp³-hybridized carbons (Fsp3) is 1.00. The van der Waals surface area contributed by atoms with Gasteiger partial charge in [-0.1, -0.05) is 6.42 Å². The fourth-order valence-corrected chi connectivity index (χ4v) is 1.96. The van der Waals surface area contributed by atoms with Crippen LogP contribution in [0, 0.1) is 0 Å². The van der Waals surface area contributed by atoms with Gasteiger partial charge in [-0.3, -0.25) is 0 Å². The Morgan fingerprint density at radius 2 is 1.56 bits per heavy atom. The molecule has 1 heterocycles. The molecule has 0 aromatic carbocycles. The zero-order valence-electron chi connectivity index (χ0n) is 10.2. The monoisotopic (exact) mass is 274 g/mol. The summed E-state index contributed by atoms with van der Waals surface area (Å²) >= 11 is 0. The SMILES string of the molecule is FC(F)(F)C(F)(F)CNCCCN1CCCCC1. The van der Waals surface area contributed by atoms with Crippen LogP contribution in [-0.4, -0.2) is 49.7 Å². The van der Waals surface area contributed by atoms with Crippen molar-refractivity contribution in [3.63, 3.8) is 0 Å². The lowest BCUT2D eigenvalue weighted by molar-refractivity contribution is -0.279. The Kier molecular flexibility index (Phi) is 5.78. The maximum absolute atomic E-state index is 12.5. The molecule has 7 heteroatoms. The number of nitrogens with one attached hydrogen (secondary N) is 1. The first kappa shape index (κ1) is 15.6. The lowest BCUT2D eigenvalue weighted by Gasteiger charge is -2.26. The van der Waals surface area contributed by atoms with Gasteiger partial charge in [-0.25, -0.2) is 0 Å². The molecule has 1 N–H and O–H groups in total. The summed E-state index contributed by atoms with van der Waals surface area (Å²) in [5.41, 5.74) is 0. The second kappa shape index (κ2) is 6.65. The Balaban J connectivity index is 2.08. The Morgan fingerprint density at radius 1 is 0.944 bits per heavy atom. The van der Waals surface area contributed by atoms with Gasteiger partial charge in [0, 0.05) is 0 Å². The summed E-state index contributed by atoms with van der Waals surface area (Å²) in [5.74, 6) is -4.64. The van der Waals surface area contributed by atoms with Crippen LogP contribution in [0.5, 0.6) is 0 Å². The topological polar surface area (TPSA) is 15.3 Å². The van der Waals surface area contributed by atoms with Crippen molar-refractivity contribution in [1.29, 1.82) is 0 Å². The van der Waals surface area contributed by atoms with Crippen molar-refractivity contribution >= 4 is 0 Å². The Hall–Kier alpha value is -0.430. The average Bonchev–Trinajstić information content (AvgIpc) is 2.28. The highest BCUT2D eigenvalue weighted by Gasteiger charge is 2.56. The zero-order chi connectivity index (χ0) is 13.6. The molecule has 1 fully saturated rings. The quantitative estimate of drug-likeness (QED) is 0.591. The van der Waals surface area contributed by atoms with Crippen molar-refractivity contribution < 1.29 is 22.0 Å². The van der Waals surface area contributed by atoms with Crippen LogP contribution in [0.4, 0.5) is 22.0 Å². The zero-order valence-corrected chi connectivity index (χ0v) is 10.2. The summed E-state index contributed by atoms with van der Waals surface area (Å²) in [6.45, 7) is 1.60. The highest BCUT2D eigenvalue weighted by Crippen LogP contribution is 2.34. The molecule has 108 valence electrons. The van der Waals surface area contributed by atoms with Crippen LogP contribution >= 0.6 is 0 Å². The van der Waals surface area contributed by atoms with E-state index >= 15 is 0 Å². The van der Waals surface area contributed by atoms with Crippen molar-refractivity contribution in [3.05, 3.63) is 0 Å². The van der Waals surface area contributed by atoms with Crippen molar-refractivity contribution in [3.8, 4) is 0 Å². The summed E-state index contributed by atoms with van der Waals surface area (Å²) in [6.07, 6.45) is -1.38. The molecule has 0 amide bonds. The predicted octanol–water partition coefficient (Wildman–Crippen LogP) is 2.65. The number of nitrogens with zero attached hydrogens (tertiary/aromatic N) is 1. The molecule has 1 saturated heterocycles. The summed E-state index contributed by atoms with van der Waals surface area (Å²) in [7, 11) is 0. The Bertz CT molecular complexity index is 236. The molecule has 0 spiro atoms. The molecule has 0 aromatic heterocycles. The second-order valence-electron chi connectivity index (χ2n) is 4.63. The Morgan fingerprint density at radius 3 is 2.11 bits per heavy atom. The van der Waals surface area contributed by atoms with Gasteiger partial charge in [0.15, 0.2) is 0 Å². The molecule has 0 unspecified atom stereocenters. The molecule has 0 bridgehead atoms. The fourth-order valence-electron chi connectivity index (χ4n) is 1.96. The lowest BCUT2D eigenvalue weighted by Crippen LogP contribution is -2.45. The standard InChI is InChI=1S/C11H19F5N2/c12-10(13,11(14,15)16)9-17-5-4-8-18-6-2-1-3-7-18/h17H,1-9H2. The third-order valence-electron chi connectivity index (χ3n) is 3.04. The number of rotatable bonds is 6. The molecule has 0 aliphatic carbocycles. The normalized spacial score (nSPS) is 19.2. The van der Waals surface area contributed by atoms with E-state index in [1.165, 1.54) is 6.42 Å². The lowest BCUT2D eigenvalue weighted by atomic mass is 10.1. The molecule has 1 aliphatic heterocycles. The van der Waals surface area contributed by atoms with E-state index in [0.717, 1.165) is 32.5 Å². The van der Waals surface area contributed by atoms with Gasteiger partial charge in [0.25, 0.3) is 0 Å². The van der Waals surface area contributed by atoms with E-state index < -0.39 is 18.6 Å². The van der Waals surface area contributed by atoms with Crippen LogP contribution in [-0.2, 0) is 0 Å². The minimum Gasteiger partial charge on any atom is -0.311 e. The molecule has 0 aromatic rings. The summed E-state index contributed by atoms with van der Waals surface area (Å²) in [4.78, 5) is 2.22. The molecular formula is C11H19F5N2. The van der Waals surface area contributed by atoms with Crippen LogP contribution in [0.15, 0.2) is 0 Å². The van der Waals surface area contributed by atoms with Crippen LogP contribution in [0.25, 0.3) is 0 Å². The van der Waals surface area contributed by atoms with Crippen LogP contribution in [0.1, 0.15) is 25.7 Å². The van der Waals surface area contributed by atoms with Crippen molar-refractivity contribution in [1.82, 2.24) is 10.2 Å². The van der Waals surface area contributed by atoms with Gasteiger partial charge in [0.1, 0.15) is 0 Å². The van der Waals surface area contributed by atoms with Gasteiger partial charge >= 0.3 is 12.1 Å². The molecule has 2 nitrogen and oxygen atoms in total. The second-order valence-corrected chi connectivity index (χ2v) is 4.63. The molecule has 0 saturated carbocycles. The van der Waals surface area contributed by atoms with Crippen molar-refractivity contribution in [2.24, 2.45) is 0 Å². The predicted molar refractivity (Wildman–Crippen MR) is 58.8 cm³/mol. The van der Waals surface area contributed by atoms with E-state index in [4.69, 9.17) is 0 Å². The van der Waals surface area contributed by atoms with E-state index in [9.17, 15) is 22.0 Å². The average molecular weight is 274 g/mol. The summed E-state index contributed by atoms with van der Waals surface area (Å²) in [5, 5.41) is 2.18. The minimum atomic E-state index is -5.47. The van der Waals surface area contributed by atoms with Gasteiger partial charge in [-0.2, -0.15) is 22.0 Å². The highest BCUT2D eigenvalue weighted by molar-refractivity contribution is 4.78. The van der Waals surface area contributed by atoms with Gasteiger partial charge in [-0.05, 0) is 45.4 Å². The van der Waals surface area contributed by atoms with Crippen LogP contribution < -0.4 is 5.32 Å². The van der Waals surface area contributed by atoms with Gasteiger partial charge < -0.3 is 10.2 Å². The summed E-state index contributed by atoms with van der Waals surface area (Å²) < 4.78 is 60.5. The molecule has 18 heavy (non-hydrogen) atoms. The molecule has 1 rings (SSSR count). The van der Waals surface area contributed by atoms with Gasteiger partial charge in [-0.15, -0.1) is 0 Å². The number of likely N-dealkylation sites (tertiary alicyclic amines) is 1. The van der Waals surface area contributed by atoms with E-state index in [1.807, 2.05) is 0 Å². The van der Waals surface area contributed by atoms with E-state index in [1.54, 1.807) is 0 Å². The highest BCUT2D eigenvalue weighted by atomic mass is 19.4. The molecular weight excluding hydrogens is 255 g/mol. The van der Waals surface area contributed by atoms with E-state index in [-0.39, 0.29) is 6.54 Å². The number of hydrogen-bond acceptors (Lipinski definition) is 2. The number of hydrogen-bond donors (Lipinski definition) is 1. The number of piperidine rings is 1. The van der Waals surface area contributed by atoms with Crippen molar-refractivity contribution in [2.75, 3.05) is 32.7 Å². The maximum Gasteiger partial charge on any atom is 0.454 e. The maximum atomic E-state index is 12.5. The smallest absolute Gasteiger partial charge is 0.311 e. The van der Waals surface area contributed by atoms with E-state index in [0.29, 0.717) is 6.42 Å².